The lowest BCUT2D eigenvalue weighted by molar-refractivity contribution is 0.648. The van der Waals surface area contributed by atoms with E-state index in [9.17, 15) is 0 Å². The van der Waals surface area contributed by atoms with Crippen molar-refractivity contribution < 1.29 is 0 Å². The highest BCUT2D eigenvalue weighted by Crippen LogP contribution is 2.22. The van der Waals surface area contributed by atoms with Crippen molar-refractivity contribution in [2.75, 3.05) is 36.0 Å². The summed E-state index contributed by atoms with van der Waals surface area (Å²) in [4.78, 5) is 13.6. The van der Waals surface area contributed by atoms with E-state index in [2.05, 4.69) is 31.1 Å². The topological polar surface area (TPSA) is 50.1 Å². The molecule has 3 aromatic rings. The summed E-state index contributed by atoms with van der Waals surface area (Å²) in [5, 5.41) is 5.84. The van der Waals surface area contributed by atoms with E-state index < -0.39 is 0 Å². The molecule has 23 heavy (non-hydrogen) atoms. The van der Waals surface area contributed by atoms with Gasteiger partial charge in [0.25, 0.3) is 0 Å². The number of piperazine rings is 1. The molecule has 0 atom stereocenters. The Morgan fingerprint density at radius 1 is 1.04 bits per heavy atom. The second kappa shape index (κ2) is 5.70. The zero-order valence-corrected chi connectivity index (χ0v) is 13.6. The summed E-state index contributed by atoms with van der Waals surface area (Å²) < 4.78 is 1.84. The van der Waals surface area contributed by atoms with Crippen LogP contribution in [-0.4, -0.2) is 45.9 Å². The van der Waals surface area contributed by atoms with Gasteiger partial charge in [-0.1, -0.05) is 11.6 Å². The molecule has 3 aromatic heterocycles. The molecule has 118 valence electrons. The fraction of sp³-hybridized carbons (Fsp3) is 0.312. The number of anilines is 2. The molecule has 0 aromatic carbocycles. The summed E-state index contributed by atoms with van der Waals surface area (Å²) in [7, 11) is 1.94. The molecule has 0 saturated carbocycles. The third-order valence-electron chi connectivity index (χ3n) is 4.15. The molecule has 1 fully saturated rings. The summed E-state index contributed by atoms with van der Waals surface area (Å²) in [6.07, 6.45) is 5.61. The molecule has 4 heterocycles. The fourth-order valence-corrected chi connectivity index (χ4v) is 3.08. The predicted molar refractivity (Wildman–Crippen MR) is 92.2 cm³/mol. The third kappa shape index (κ3) is 2.82. The third-order valence-corrected chi connectivity index (χ3v) is 4.36. The Kier molecular flexibility index (Phi) is 3.53. The number of aromatic nitrogens is 4. The maximum absolute atomic E-state index is 5.97. The van der Waals surface area contributed by atoms with Gasteiger partial charge in [0.2, 0.25) is 0 Å². The molecule has 0 bridgehead atoms. The van der Waals surface area contributed by atoms with Gasteiger partial charge >= 0.3 is 0 Å². The van der Waals surface area contributed by atoms with Crippen LogP contribution in [0.15, 0.2) is 36.8 Å². The van der Waals surface area contributed by atoms with E-state index in [-0.39, 0.29) is 0 Å². The Hall–Kier alpha value is -2.34. The zero-order chi connectivity index (χ0) is 15.8. The Bertz CT molecular complexity index is 837. The number of pyridine rings is 2. The van der Waals surface area contributed by atoms with Gasteiger partial charge in [0.1, 0.15) is 5.82 Å². The molecule has 0 aliphatic carbocycles. The van der Waals surface area contributed by atoms with E-state index in [1.165, 1.54) is 5.69 Å². The van der Waals surface area contributed by atoms with Crippen LogP contribution in [0.4, 0.5) is 11.5 Å². The SMILES string of the molecule is Cn1cc(N2CCN(c3ccc4cc(Cl)cnc4n3)CC2)cn1. The number of nitrogens with zero attached hydrogens (tertiary/aromatic N) is 6. The highest BCUT2D eigenvalue weighted by molar-refractivity contribution is 6.31. The Balaban J connectivity index is 1.50. The normalized spacial score (nSPS) is 15.4. The van der Waals surface area contributed by atoms with E-state index in [0.717, 1.165) is 43.0 Å². The minimum atomic E-state index is 0.636. The van der Waals surface area contributed by atoms with Gasteiger partial charge in [0, 0.05) is 51.0 Å². The first-order chi connectivity index (χ1) is 11.2. The van der Waals surface area contributed by atoms with Gasteiger partial charge in [-0.05, 0) is 18.2 Å². The molecule has 0 spiro atoms. The average molecular weight is 329 g/mol. The highest BCUT2D eigenvalue weighted by Gasteiger charge is 2.19. The molecule has 1 aliphatic rings. The molecule has 6 nitrogen and oxygen atoms in total. The van der Waals surface area contributed by atoms with Crippen LogP contribution >= 0.6 is 11.6 Å². The Morgan fingerprint density at radius 3 is 2.57 bits per heavy atom. The molecule has 0 amide bonds. The first-order valence-corrected chi connectivity index (χ1v) is 7.98. The predicted octanol–water partition coefficient (Wildman–Crippen LogP) is 2.34. The first-order valence-electron chi connectivity index (χ1n) is 7.60. The minimum absolute atomic E-state index is 0.636. The largest absolute Gasteiger partial charge is 0.365 e. The highest BCUT2D eigenvalue weighted by atomic mass is 35.5. The summed E-state index contributed by atoms with van der Waals surface area (Å²) in [6, 6.07) is 5.96. The summed E-state index contributed by atoms with van der Waals surface area (Å²) >= 11 is 5.97. The van der Waals surface area contributed by atoms with Crippen molar-refractivity contribution in [1.29, 1.82) is 0 Å². The molecular formula is C16H17ClN6. The summed E-state index contributed by atoms with van der Waals surface area (Å²) in [5.41, 5.74) is 1.91. The standard InChI is InChI=1S/C16H17ClN6/c1-21-11-14(10-19-21)22-4-6-23(7-5-22)15-3-2-12-8-13(17)9-18-16(12)20-15/h2-3,8-11H,4-7H2,1H3. The smallest absolute Gasteiger partial charge is 0.161 e. The van der Waals surface area contributed by atoms with E-state index in [1.807, 2.05) is 36.1 Å². The Morgan fingerprint density at radius 2 is 1.83 bits per heavy atom. The van der Waals surface area contributed by atoms with Crippen LogP contribution in [0, 0.1) is 0 Å². The molecule has 4 rings (SSSR count). The molecule has 1 aliphatic heterocycles. The molecule has 1 saturated heterocycles. The fourth-order valence-electron chi connectivity index (χ4n) is 2.92. The lowest BCUT2D eigenvalue weighted by atomic mass is 10.2. The second-order valence-corrected chi connectivity index (χ2v) is 6.15. The molecular weight excluding hydrogens is 312 g/mol. The van der Waals surface area contributed by atoms with Gasteiger partial charge in [-0.2, -0.15) is 5.10 Å². The summed E-state index contributed by atoms with van der Waals surface area (Å²) in [5.74, 6) is 0.971. The second-order valence-electron chi connectivity index (χ2n) is 5.72. The zero-order valence-electron chi connectivity index (χ0n) is 12.9. The van der Waals surface area contributed by atoms with Crippen LogP contribution in [0.2, 0.25) is 5.02 Å². The van der Waals surface area contributed by atoms with Crippen LogP contribution in [0.25, 0.3) is 11.0 Å². The van der Waals surface area contributed by atoms with Crippen molar-refractivity contribution in [3.05, 3.63) is 41.8 Å². The number of aryl methyl sites for hydroxylation is 1. The van der Waals surface area contributed by atoms with Gasteiger partial charge < -0.3 is 9.80 Å². The molecule has 0 radical (unpaired) electrons. The maximum Gasteiger partial charge on any atom is 0.161 e. The van der Waals surface area contributed by atoms with Gasteiger partial charge in [-0.15, -0.1) is 0 Å². The van der Waals surface area contributed by atoms with Gasteiger partial charge in [-0.25, -0.2) is 9.97 Å². The van der Waals surface area contributed by atoms with Crippen molar-refractivity contribution in [2.45, 2.75) is 0 Å². The van der Waals surface area contributed by atoms with E-state index in [1.54, 1.807) is 6.20 Å². The van der Waals surface area contributed by atoms with Crippen molar-refractivity contribution in [3.63, 3.8) is 0 Å². The van der Waals surface area contributed by atoms with Crippen molar-refractivity contribution in [1.82, 2.24) is 19.7 Å². The quantitative estimate of drug-likeness (QED) is 0.722. The maximum atomic E-state index is 5.97. The van der Waals surface area contributed by atoms with E-state index in [4.69, 9.17) is 11.6 Å². The number of hydrogen-bond donors (Lipinski definition) is 0. The molecule has 0 unspecified atom stereocenters. The molecule has 7 heteroatoms. The Labute approximate surface area is 139 Å². The van der Waals surface area contributed by atoms with Gasteiger partial charge in [0.15, 0.2) is 5.65 Å². The number of rotatable bonds is 2. The van der Waals surface area contributed by atoms with Crippen molar-refractivity contribution in [3.8, 4) is 0 Å². The van der Waals surface area contributed by atoms with Crippen LogP contribution in [0.1, 0.15) is 0 Å². The lowest BCUT2D eigenvalue weighted by Crippen LogP contribution is -2.46. The van der Waals surface area contributed by atoms with Crippen molar-refractivity contribution >= 4 is 34.1 Å². The number of halogens is 1. The summed E-state index contributed by atoms with van der Waals surface area (Å²) in [6.45, 7) is 3.78. The minimum Gasteiger partial charge on any atom is -0.365 e. The molecule has 0 N–H and O–H groups in total. The van der Waals surface area contributed by atoms with Crippen LogP contribution < -0.4 is 9.80 Å². The number of hydrogen-bond acceptors (Lipinski definition) is 5. The van der Waals surface area contributed by atoms with Gasteiger partial charge in [0.05, 0.1) is 16.9 Å². The van der Waals surface area contributed by atoms with Crippen LogP contribution in [0.3, 0.4) is 0 Å². The van der Waals surface area contributed by atoms with Gasteiger partial charge in [-0.3, -0.25) is 4.68 Å². The monoisotopic (exact) mass is 328 g/mol. The number of fused-ring (bicyclic) bond motifs is 1. The average Bonchev–Trinajstić information content (AvgIpc) is 3.01. The van der Waals surface area contributed by atoms with Crippen LogP contribution in [-0.2, 0) is 7.05 Å². The van der Waals surface area contributed by atoms with Crippen LogP contribution in [0.5, 0.6) is 0 Å². The first kappa shape index (κ1) is 14.3. The van der Waals surface area contributed by atoms with E-state index in [0.29, 0.717) is 5.02 Å². The lowest BCUT2D eigenvalue weighted by Gasteiger charge is -2.36. The van der Waals surface area contributed by atoms with Crippen molar-refractivity contribution in [2.24, 2.45) is 7.05 Å². The van der Waals surface area contributed by atoms with E-state index >= 15 is 0 Å².